The quantitative estimate of drug-likeness (QED) is 0.661. The summed E-state index contributed by atoms with van der Waals surface area (Å²) in [7, 11) is 0. The molecule has 1 N–H and O–H groups in total. The zero-order valence-corrected chi connectivity index (χ0v) is 15.6. The van der Waals surface area contributed by atoms with E-state index in [0.29, 0.717) is 16.4 Å². The number of carbonyl (C=O) groups excluding carboxylic acids is 1. The first kappa shape index (κ1) is 18.5. The minimum absolute atomic E-state index is 0.0178. The smallest absolute Gasteiger partial charge is 0.324 e. The van der Waals surface area contributed by atoms with Gasteiger partial charge in [-0.1, -0.05) is 23.2 Å². The summed E-state index contributed by atoms with van der Waals surface area (Å²) < 4.78 is 40.2. The molecule has 1 aliphatic carbocycles. The van der Waals surface area contributed by atoms with Crippen LogP contribution in [0.4, 0.5) is 18.9 Å². The second-order valence-corrected chi connectivity index (χ2v) is 7.26. The Morgan fingerprint density at radius 1 is 1.32 bits per heavy atom. The summed E-state index contributed by atoms with van der Waals surface area (Å²) in [4.78, 5) is 12.2. The van der Waals surface area contributed by atoms with Crippen LogP contribution >= 0.6 is 39.1 Å². The molecule has 1 heterocycles. The van der Waals surface area contributed by atoms with Crippen molar-refractivity contribution in [1.82, 2.24) is 9.78 Å². The maximum Gasteiger partial charge on any atom is 0.436 e. The van der Waals surface area contributed by atoms with Crippen LogP contribution in [0.5, 0.6) is 0 Å². The second-order valence-electron chi connectivity index (χ2n) is 5.65. The number of benzene rings is 1. The molecule has 1 aliphatic rings. The Bertz CT molecular complexity index is 834. The number of hydrogen-bond acceptors (Lipinski definition) is 2. The molecular weight excluding hydrogens is 446 g/mol. The van der Waals surface area contributed by atoms with Gasteiger partial charge >= 0.3 is 6.18 Å². The fourth-order valence-electron chi connectivity index (χ4n) is 2.41. The first-order valence-corrected chi connectivity index (χ1v) is 8.80. The zero-order valence-electron chi connectivity index (χ0n) is 12.5. The predicted molar refractivity (Wildman–Crippen MR) is 92.0 cm³/mol. The van der Waals surface area contributed by atoms with E-state index in [4.69, 9.17) is 23.2 Å². The molecule has 4 nitrogen and oxygen atoms in total. The number of carbonyl (C=O) groups is 1. The molecule has 1 saturated carbocycles. The normalized spacial score (nSPS) is 14.6. The standard InChI is InChI=1S/C15H11BrCl2F3N3O/c16-12-13(7-1-2-7)24(23-14(12)15(19,20)21)6-11(25)22-8-3-4-9(17)10(18)5-8/h3-5,7H,1-2,6H2,(H,22,25). The molecule has 0 saturated heterocycles. The van der Waals surface area contributed by atoms with Crippen LogP contribution in [0.2, 0.25) is 10.0 Å². The van der Waals surface area contributed by atoms with E-state index in [1.807, 2.05) is 0 Å². The average Bonchev–Trinajstić information content (AvgIpc) is 3.27. The van der Waals surface area contributed by atoms with Gasteiger partial charge in [-0.25, -0.2) is 0 Å². The Hall–Kier alpha value is -1.25. The molecule has 0 radical (unpaired) electrons. The van der Waals surface area contributed by atoms with E-state index in [-0.39, 0.29) is 22.0 Å². The lowest BCUT2D eigenvalue weighted by Gasteiger charge is -2.09. The van der Waals surface area contributed by atoms with Gasteiger partial charge < -0.3 is 5.32 Å². The summed E-state index contributed by atoms with van der Waals surface area (Å²) in [5.74, 6) is -0.528. The van der Waals surface area contributed by atoms with E-state index in [9.17, 15) is 18.0 Å². The third-order valence-electron chi connectivity index (χ3n) is 3.66. The third-order valence-corrected chi connectivity index (χ3v) is 5.18. The predicted octanol–water partition coefficient (Wildman–Crippen LogP) is 5.49. The van der Waals surface area contributed by atoms with Gasteiger partial charge in [0.15, 0.2) is 5.69 Å². The molecular formula is C15H11BrCl2F3N3O. The number of amides is 1. The molecule has 0 unspecified atom stereocenters. The van der Waals surface area contributed by atoms with Crippen molar-refractivity contribution in [3.63, 3.8) is 0 Å². The van der Waals surface area contributed by atoms with Crippen LogP contribution in [0.3, 0.4) is 0 Å². The zero-order chi connectivity index (χ0) is 18.4. The van der Waals surface area contributed by atoms with Crippen molar-refractivity contribution in [2.75, 3.05) is 5.32 Å². The van der Waals surface area contributed by atoms with E-state index in [0.717, 1.165) is 17.5 Å². The number of nitrogens with one attached hydrogen (secondary N) is 1. The van der Waals surface area contributed by atoms with Gasteiger partial charge in [0.25, 0.3) is 0 Å². The van der Waals surface area contributed by atoms with Gasteiger partial charge in [-0.3, -0.25) is 9.48 Å². The Morgan fingerprint density at radius 3 is 2.56 bits per heavy atom. The van der Waals surface area contributed by atoms with Crippen molar-refractivity contribution >= 4 is 50.7 Å². The highest BCUT2D eigenvalue weighted by Crippen LogP contribution is 2.46. The average molecular weight is 457 g/mol. The number of anilines is 1. The van der Waals surface area contributed by atoms with Crippen molar-refractivity contribution in [1.29, 1.82) is 0 Å². The summed E-state index contributed by atoms with van der Waals surface area (Å²) >= 11 is 14.7. The number of halogens is 6. The van der Waals surface area contributed by atoms with E-state index in [2.05, 4.69) is 26.3 Å². The third kappa shape index (κ3) is 4.12. The first-order valence-electron chi connectivity index (χ1n) is 7.25. The summed E-state index contributed by atoms with van der Waals surface area (Å²) in [6.45, 7) is -0.333. The lowest BCUT2D eigenvalue weighted by Crippen LogP contribution is -2.21. The van der Waals surface area contributed by atoms with Crippen LogP contribution in [0.1, 0.15) is 30.1 Å². The Kier molecular flexibility index (Phi) is 5.05. The lowest BCUT2D eigenvalue weighted by atomic mass is 10.2. The van der Waals surface area contributed by atoms with Gasteiger partial charge in [0.2, 0.25) is 5.91 Å². The van der Waals surface area contributed by atoms with Crippen LogP contribution in [0, 0.1) is 0 Å². The van der Waals surface area contributed by atoms with Crippen molar-refractivity contribution in [3.8, 4) is 0 Å². The van der Waals surface area contributed by atoms with Crippen LogP contribution in [0.25, 0.3) is 0 Å². The first-order chi connectivity index (χ1) is 11.7. The molecule has 1 fully saturated rings. The van der Waals surface area contributed by atoms with E-state index < -0.39 is 17.8 Å². The maximum atomic E-state index is 13.1. The highest BCUT2D eigenvalue weighted by Gasteiger charge is 2.41. The topological polar surface area (TPSA) is 46.9 Å². The van der Waals surface area contributed by atoms with Crippen molar-refractivity contribution in [2.45, 2.75) is 31.5 Å². The SMILES string of the molecule is O=C(Cn1nc(C(F)(F)F)c(Br)c1C1CC1)Nc1ccc(Cl)c(Cl)c1. The van der Waals surface area contributed by atoms with E-state index in [1.165, 1.54) is 12.1 Å². The molecule has 10 heteroatoms. The highest BCUT2D eigenvalue weighted by molar-refractivity contribution is 9.10. The fourth-order valence-corrected chi connectivity index (χ4v) is 3.54. The van der Waals surface area contributed by atoms with Crippen LogP contribution in [0.15, 0.2) is 22.7 Å². The summed E-state index contributed by atoms with van der Waals surface area (Å²) in [6.07, 6.45) is -3.04. The minimum Gasteiger partial charge on any atom is -0.324 e. The van der Waals surface area contributed by atoms with Gasteiger partial charge in [0.1, 0.15) is 6.54 Å². The highest BCUT2D eigenvalue weighted by atomic mass is 79.9. The lowest BCUT2D eigenvalue weighted by molar-refractivity contribution is -0.142. The Labute approximate surface area is 159 Å². The monoisotopic (exact) mass is 455 g/mol. The maximum absolute atomic E-state index is 13.1. The molecule has 3 rings (SSSR count). The fraction of sp³-hybridized carbons (Fsp3) is 0.333. The van der Waals surface area contributed by atoms with E-state index >= 15 is 0 Å². The van der Waals surface area contributed by atoms with Gasteiger partial charge in [-0.05, 0) is 47.0 Å². The minimum atomic E-state index is -4.59. The number of aromatic nitrogens is 2. The van der Waals surface area contributed by atoms with Crippen LogP contribution in [-0.2, 0) is 17.5 Å². The number of nitrogens with zero attached hydrogens (tertiary/aromatic N) is 2. The molecule has 1 amide bonds. The summed E-state index contributed by atoms with van der Waals surface area (Å²) in [6, 6.07) is 4.53. The second kappa shape index (κ2) is 6.81. The molecule has 1 aromatic heterocycles. The molecule has 0 aliphatic heterocycles. The number of rotatable bonds is 4. The van der Waals surface area contributed by atoms with Gasteiger partial charge in [0, 0.05) is 11.6 Å². The molecule has 25 heavy (non-hydrogen) atoms. The van der Waals surface area contributed by atoms with Gasteiger partial charge in [0.05, 0.1) is 20.2 Å². The molecule has 1 aromatic carbocycles. The van der Waals surface area contributed by atoms with Crippen molar-refractivity contribution in [2.24, 2.45) is 0 Å². The summed E-state index contributed by atoms with van der Waals surface area (Å²) in [5, 5.41) is 6.76. The summed E-state index contributed by atoms with van der Waals surface area (Å²) in [5.41, 5.74) is -0.219. The van der Waals surface area contributed by atoms with Crippen molar-refractivity contribution in [3.05, 3.63) is 44.1 Å². The van der Waals surface area contributed by atoms with Crippen LogP contribution in [-0.4, -0.2) is 15.7 Å². The largest absolute Gasteiger partial charge is 0.436 e. The van der Waals surface area contributed by atoms with Crippen LogP contribution < -0.4 is 5.32 Å². The molecule has 0 spiro atoms. The molecule has 0 atom stereocenters. The Morgan fingerprint density at radius 2 is 2.00 bits per heavy atom. The van der Waals surface area contributed by atoms with Crippen molar-refractivity contribution < 1.29 is 18.0 Å². The molecule has 134 valence electrons. The number of hydrogen-bond donors (Lipinski definition) is 1. The van der Waals surface area contributed by atoms with Gasteiger partial charge in [-0.2, -0.15) is 18.3 Å². The van der Waals surface area contributed by atoms with Gasteiger partial charge in [-0.15, -0.1) is 0 Å². The molecule has 2 aromatic rings. The van der Waals surface area contributed by atoms with E-state index in [1.54, 1.807) is 6.07 Å². The Balaban J connectivity index is 1.82. The molecule has 0 bridgehead atoms. The number of alkyl halides is 3.